The van der Waals surface area contributed by atoms with Crippen molar-refractivity contribution in [2.75, 3.05) is 11.9 Å². The van der Waals surface area contributed by atoms with Crippen LogP contribution in [0, 0.1) is 0 Å². The standard InChI is InChI=1S/C14H23N3O2/c1-14(2,3)19-13(18)17-12-6-4-10(5-7-12)8-11(16)9-15/h4-7,11H,8-9,15-16H2,1-3H3,(H,17,18). The van der Waals surface area contributed by atoms with E-state index in [2.05, 4.69) is 5.32 Å². The lowest BCUT2D eigenvalue weighted by atomic mass is 10.1. The number of nitrogens with one attached hydrogen (secondary N) is 1. The molecule has 1 aromatic rings. The van der Waals surface area contributed by atoms with Crippen molar-refractivity contribution in [1.82, 2.24) is 0 Å². The minimum Gasteiger partial charge on any atom is -0.444 e. The summed E-state index contributed by atoms with van der Waals surface area (Å²) in [4.78, 5) is 11.6. The van der Waals surface area contributed by atoms with E-state index in [4.69, 9.17) is 16.2 Å². The van der Waals surface area contributed by atoms with Gasteiger partial charge in [-0.2, -0.15) is 0 Å². The summed E-state index contributed by atoms with van der Waals surface area (Å²) < 4.78 is 5.17. The zero-order valence-electron chi connectivity index (χ0n) is 11.8. The van der Waals surface area contributed by atoms with Crippen LogP contribution in [-0.2, 0) is 11.2 Å². The Morgan fingerprint density at radius 3 is 2.37 bits per heavy atom. The Morgan fingerprint density at radius 2 is 1.89 bits per heavy atom. The minimum absolute atomic E-state index is 0.0373. The fourth-order valence-electron chi connectivity index (χ4n) is 1.53. The van der Waals surface area contributed by atoms with E-state index in [-0.39, 0.29) is 6.04 Å². The fourth-order valence-corrected chi connectivity index (χ4v) is 1.53. The summed E-state index contributed by atoms with van der Waals surface area (Å²) in [5.74, 6) is 0. The van der Waals surface area contributed by atoms with Gasteiger partial charge in [0.2, 0.25) is 0 Å². The maximum Gasteiger partial charge on any atom is 0.412 e. The second-order valence-corrected chi connectivity index (χ2v) is 5.52. The molecule has 0 aliphatic carbocycles. The number of hydrogen-bond donors (Lipinski definition) is 3. The lowest BCUT2D eigenvalue weighted by Gasteiger charge is -2.19. The molecular formula is C14H23N3O2. The second kappa shape index (κ2) is 6.54. The number of benzene rings is 1. The molecule has 1 amide bonds. The summed E-state index contributed by atoms with van der Waals surface area (Å²) in [6.45, 7) is 5.93. The van der Waals surface area contributed by atoms with Gasteiger partial charge in [0.25, 0.3) is 0 Å². The number of ether oxygens (including phenoxy) is 1. The van der Waals surface area contributed by atoms with Gasteiger partial charge < -0.3 is 16.2 Å². The number of anilines is 1. The predicted octanol–water partition coefficient (Wildman–Crippen LogP) is 1.86. The van der Waals surface area contributed by atoms with Crippen molar-refractivity contribution < 1.29 is 9.53 Å². The highest BCUT2D eigenvalue weighted by molar-refractivity contribution is 5.84. The van der Waals surface area contributed by atoms with Gasteiger partial charge in [0, 0.05) is 18.3 Å². The Bertz CT molecular complexity index is 410. The van der Waals surface area contributed by atoms with Gasteiger partial charge in [-0.1, -0.05) is 12.1 Å². The molecule has 0 heterocycles. The summed E-state index contributed by atoms with van der Waals surface area (Å²) in [6.07, 6.45) is 0.266. The van der Waals surface area contributed by atoms with Crippen LogP contribution in [0.15, 0.2) is 24.3 Å². The van der Waals surface area contributed by atoms with Gasteiger partial charge in [0.15, 0.2) is 0 Å². The van der Waals surface area contributed by atoms with Crippen LogP contribution in [0.3, 0.4) is 0 Å². The summed E-state index contributed by atoms with van der Waals surface area (Å²) in [5, 5.41) is 2.68. The molecule has 5 heteroatoms. The molecule has 0 aromatic heterocycles. The first-order chi connectivity index (χ1) is 8.80. The maximum absolute atomic E-state index is 11.6. The van der Waals surface area contributed by atoms with Crippen molar-refractivity contribution in [2.45, 2.75) is 38.8 Å². The van der Waals surface area contributed by atoms with E-state index in [1.807, 2.05) is 45.0 Å². The first-order valence-electron chi connectivity index (χ1n) is 6.35. The molecule has 1 rings (SSSR count). The largest absolute Gasteiger partial charge is 0.444 e. The van der Waals surface area contributed by atoms with E-state index in [1.165, 1.54) is 0 Å². The van der Waals surface area contributed by atoms with Crippen LogP contribution in [-0.4, -0.2) is 24.3 Å². The molecule has 1 aromatic carbocycles. The average Bonchev–Trinajstić information content (AvgIpc) is 2.29. The monoisotopic (exact) mass is 265 g/mol. The number of carbonyl (C=O) groups excluding carboxylic acids is 1. The summed E-state index contributed by atoms with van der Waals surface area (Å²) in [5.41, 5.74) is 12.5. The van der Waals surface area contributed by atoms with E-state index in [0.717, 1.165) is 12.0 Å². The molecule has 0 aliphatic heterocycles. The first-order valence-corrected chi connectivity index (χ1v) is 6.35. The molecular weight excluding hydrogens is 242 g/mol. The molecule has 0 fully saturated rings. The molecule has 0 saturated heterocycles. The zero-order chi connectivity index (χ0) is 14.5. The van der Waals surface area contributed by atoms with Crippen LogP contribution in [0.4, 0.5) is 10.5 Å². The Balaban J connectivity index is 2.55. The van der Waals surface area contributed by atoms with E-state index in [0.29, 0.717) is 12.2 Å². The van der Waals surface area contributed by atoms with Crippen LogP contribution in [0.25, 0.3) is 0 Å². The molecule has 106 valence electrons. The Morgan fingerprint density at radius 1 is 1.32 bits per heavy atom. The third-order valence-corrected chi connectivity index (χ3v) is 2.40. The quantitative estimate of drug-likeness (QED) is 0.775. The lowest BCUT2D eigenvalue weighted by Crippen LogP contribution is -2.31. The van der Waals surface area contributed by atoms with Crippen molar-refractivity contribution >= 4 is 11.8 Å². The summed E-state index contributed by atoms with van der Waals surface area (Å²) >= 11 is 0. The van der Waals surface area contributed by atoms with E-state index < -0.39 is 11.7 Å². The van der Waals surface area contributed by atoms with Crippen LogP contribution in [0.2, 0.25) is 0 Å². The van der Waals surface area contributed by atoms with Crippen LogP contribution in [0.5, 0.6) is 0 Å². The van der Waals surface area contributed by atoms with E-state index in [1.54, 1.807) is 0 Å². The topological polar surface area (TPSA) is 90.4 Å². The van der Waals surface area contributed by atoms with Crippen molar-refractivity contribution in [2.24, 2.45) is 11.5 Å². The Kier molecular flexibility index (Phi) is 5.32. The van der Waals surface area contributed by atoms with E-state index in [9.17, 15) is 4.79 Å². The van der Waals surface area contributed by atoms with Crippen LogP contribution in [0.1, 0.15) is 26.3 Å². The van der Waals surface area contributed by atoms with Gasteiger partial charge in [0.1, 0.15) is 5.60 Å². The Hall–Kier alpha value is -1.59. The highest BCUT2D eigenvalue weighted by Gasteiger charge is 2.16. The fraction of sp³-hybridized carbons (Fsp3) is 0.500. The van der Waals surface area contributed by atoms with Gasteiger partial charge in [-0.15, -0.1) is 0 Å². The van der Waals surface area contributed by atoms with E-state index >= 15 is 0 Å². The molecule has 5 N–H and O–H groups in total. The average molecular weight is 265 g/mol. The molecule has 5 nitrogen and oxygen atoms in total. The number of carbonyl (C=O) groups is 1. The van der Waals surface area contributed by atoms with Gasteiger partial charge in [-0.3, -0.25) is 5.32 Å². The number of nitrogens with two attached hydrogens (primary N) is 2. The van der Waals surface area contributed by atoms with Crippen molar-refractivity contribution in [1.29, 1.82) is 0 Å². The smallest absolute Gasteiger partial charge is 0.412 e. The van der Waals surface area contributed by atoms with Crippen LogP contribution >= 0.6 is 0 Å². The third-order valence-electron chi connectivity index (χ3n) is 2.40. The molecule has 0 bridgehead atoms. The lowest BCUT2D eigenvalue weighted by molar-refractivity contribution is 0.0636. The van der Waals surface area contributed by atoms with Crippen molar-refractivity contribution in [3.8, 4) is 0 Å². The summed E-state index contributed by atoms with van der Waals surface area (Å²) in [6, 6.07) is 7.44. The van der Waals surface area contributed by atoms with Crippen LogP contribution < -0.4 is 16.8 Å². The SMILES string of the molecule is CC(C)(C)OC(=O)Nc1ccc(CC(N)CN)cc1. The second-order valence-electron chi connectivity index (χ2n) is 5.52. The highest BCUT2D eigenvalue weighted by atomic mass is 16.6. The van der Waals surface area contributed by atoms with Gasteiger partial charge in [-0.25, -0.2) is 4.79 Å². The number of amides is 1. The summed E-state index contributed by atoms with van der Waals surface area (Å²) in [7, 11) is 0. The van der Waals surface area contributed by atoms with Crippen molar-refractivity contribution in [3.05, 3.63) is 29.8 Å². The highest BCUT2D eigenvalue weighted by Crippen LogP contribution is 2.13. The molecule has 0 radical (unpaired) electrons. The number of hydrogen-bond acceptors (Lipinski definition) is 4. The normalized spacial score (nSPS) is 12.9. The third kappa shape index (κ3) is 6.22. The molecule has 0 saturated carbocycles. The molecule has 1 atom stereocenters. The number of rotatable bonds is 4. The van der Waals surface area contributed by atoms with Crippen molar-refractivity contribution in [3.63, 3.8) is 0 Å². The van der Waals surface area contributed by atoms with Gasteiger partial charge in [-0.05, 0) is 44.9 Å². The minimum atomic E-state index is -0.502. The zero-order valence-corrected chi connectivity index (χ0v) is 11.8. The first kappa shape index (κ1) is 15.5. The maximum atomic E-state index is 11.6. The predicted molar refractivity (Wildman–Crippen MR) is 77.0 cm³/mol. The molecule has 0 aliphatic rings. The molecule has 19 heavy (non-hydrogen) atoms. The Labute approximate surface area is 114 Å². The van der Waals surface area contributed by atoms with Gasteiger partial charge in [0.05, 0.1) is 0 Å². The molecule has 0 spiro atoms. The van der Waals surface area contributed by atoms with Gasteiger partial charge >= 0.3 is 6.09 Å². The molecule has 1 unspecified atom stereocenters.